The Morgan fingerprint density at radius 2 is 1.92 bits per heavy atom. The quantitative estimate of drug-likeness (QED) is 0.908. The molecule has 2 atom stereocenters. The van der Waals surface area contributed by atoms with E-state index >= 15 is 0 Å². The lowest BCUT2D eigenvalue weighted by Gasteiger charge is -2.17. The van der Waals surface area contributed by atoms with Crippen molar-refractivity contribution in [1.29, 1.82) is 0 Å². The molecule has 1 aliphatic heterocycles. The number of hydrogen-bond acceptors (Lipinski definition) is 4. The number of β-amino-alcohol motifs (C(OH)–C–C–N with tert-alkyl or cyclic N) is 1. The summed E-state index contributed by atoms with van der Waals surface area (Å²) in [6.07, 6.45) is 6.66. The van der Waals surface area contributed by atoms with Crippen molar-refractivity contribution in [1.82, 2.24) is 14.7 Å². The molecular weight excluding hydrogens is 314 g/mol. The molecular formula is C20H27N3O2. The van der Waals surface area contributed by atoms with Crippen LogP contribution in [0.3, 0.4) is 0 Å². The van der Waals surface area contributed by atoms with Gasteiger partial charge < -0.3 is 9.84 Å². The van der Waals surface area contributed by atoms with Crippen molar-refractivity contribution >= 4 is 0 Å². The molecule has 0 radical (unpaired) electrons. The van der Waals surface area contributed by atoms with Crippen molar-refractivity contribution in [2.45, 2.75) is 50.4 Å². The van der Waals surface area contributed by atoms with Gasteiger partial charge in [0.25, 0.3) is 0 Å². The van der Waals surface area contributed by atoms with Gasteiger partial charge in [0.1, 0.15) is 18.0 Å². The predicted octanol–water partition coefficient (Wildman–Crippen LogP) is 2.70. The average molecular weight is 341 g/mol. The standard InChI is InChI=1S/C20H27N3O2/c1-22-11-16(20(21-22)15-7-5-6-8-15)12-23-13-18(24)19(14-23)25-17-9-3-2-4-10-17/h2-4,9-11,15,18-19,24H,5-8,12-14H2,1H3/t18-,19-/m1/s1. The summed E-state index contributed by atoms with van der Waals surface area (Å²) >= 11 is 0. The molecule has 2 fully saturated rings. The Hall–Kier alpha value is -1.85. The largest absolute Gasteiger partial charge is 0.486 e. The number of ether oxygens (including phenoxy) is 1. The summed E-state index contributed by atoms with van der Waals surface area (Å²) in [6, 6.07) is 9.76. The third kappa shape index (κ3) is 3.72. The van der Waals surface area contributed by atoms with Crippen molar-refractivity contribution in [3.8, 4) is 5.75 Å². The molecule has 1 aliphatic carbocycles. The number of aromatic nitrogens is 2. The van der Waals surface area contributed by atoms with E-state index in [0.29, 0.717) is 12.5 Å². The van der Waals surface area contributed by atoms with Gasteiger partial charge in [0.05, 0.1) is 5.69 Å². The van der Waals surface area contributed by atoms with Gasteiger partial charge in [0.15, 0.2) is 0 Å². The Morgan fingerprint density at radius 1 is 1.16 bits per heavy atom. The van der Waals surface area contributed by atoms with Crippen LogP contribution in [0.25, 0.3) is 0 Å². The number of aliphatic hydroxyl groups excluding tert-OH is 1. The van der Waals surface area contributed by atoms with Crippen LogP contribution in [-0.4, -0.2) is 45.1 Å². The fourth-order valence-corrected chi connectivity index (χ4v) is 4.21. The fraction of sp³-hybridized carbons (Fsp3) is 0.550. The number of benzene rings is 1. The molecule has 1 saturated carbocycles. The zero-order valence-electron chi connectivity index (χ0n) is 14.8. The van der Waals surface area contributed by atoms with Crippen LogP contribution in [0, 0.1) is 0 Å². The molecule has 5 nitrogen and oxygen atoms in total. The van der Waals surface area contributed by atoms with Crippen molar-refractivity contribution in [3.63, 3.8) is 0 Å². The highest BCUT2D eigenvalue weighted by molar-refractivity contribution is 5.23. The van der Waals surface area contributed by atoms with Gasteiger partial charge in [-0.05, 0) is 25.0 Å². The minimum atomic E-state index is -0.452. The predicted molar refractivity (Wildman–Crippen MR) is 96.6 cm³/mol. The van der Waals surface area contributed by atoms with Crippen molar-refractivity contribution in [2.75, 3.05) is 13.1 Å². The van der Waals surface area contributed by atoms with Crippen molar-refractivity contribution < 1.29 is 9.84 Å². The topological polar surface area (TPSA) is 50.5 Å². The van der Waals surface area contributed by atoms with Gasteiger partial charge in [0.2, 0.25) is 0 Å². The van der Waals surface area contributed by atoms with E-state index in [-0.39, 0.29) is 6.10 Å². The van der Waals surface area contributed by atoms with E-state index in [1.165, 1.54) is 36.9 Å². The van der Waals surface area contributed by atoms with Crippen LogP contribution in [0.15, 0.2) is 36.5 Å². The van der Waals surface area contributed by atoms with Crippen LogP contribution in [0.1, 0.15) is 42.9 Å². The second kappa shape index (κ2) is 7.18. The number of nitrogens with zero attached hydrogens (tertiary/aromatic N) is 3. The lowest BCUT2D eigenvalue weighted by molar-refractivity contribution is 0.0737. The van der Waals surface area contributed by atoms with Crippen molar-refractivity contribution in [3.05, 3.63) is 47.8 Å². The highest BCUT2D eigenvalue weighted by atomic mass is 16.5. The molecule has 25 heavy (non-hydrogen) atoms. The summed E-state index contributed by atoms with van der Waals surface area (Å²) in [4.78, 5) is 2.29. The lowest BCUT2D eigenvalue weighted by atomic mass is 10.0. The van der Waals surface area contributed by atoms with Gasteiger partial charge >= 0.3 is 0 Å². The molecule has 2 aliphatic rings. The maximum atomic E-state index is 10.4. The SMILES string of the molecule is Cn1cc(CN2C[C@@H](O)[C@H](Oc3ccccc3)C2)c(C2CCCC2)n1. The molecule has 4 rings (SSSR count). The van der Waals surface area contributed by atoms with Crippen LogP contribution in [0.4, 0.5) is 0 Å². The number of hydrogen-bond donors (Lipinski definition) is 1. The minimum Gasteiger partial charge on any atom is -0.486 e. The van der Waals surface area contributed by atoms with Crippen LogP contribution in [0.5, 0.6) is 5.75 Å². The third-order valence-electron chi connectivity index (χ3n) is 5.42. The van der Waals surface area contributed by atoms with Gasteiger partial charge in [-0.2, -0.15) is 5.10 Å². The summed E-state index contributed by atoms with van der Waals surface area (Å²) in [5.74, 6) is 1.43. The molecule has 1 aromatic carbocycles. The van der Waals surface area contributed by atoms with E-state index in [2.05, 4.69) is 11.1 Å². The van der Waals surface area contributed by atoms with Crippen LogP contribution in [-0.2, 0) is 13.6 Å². The highest BCUT2D eigenvalue weighted by Crippen LogP contribution is 2.35. The summed E-state index contributed by atoms with van der Waals surface area (Å²) in [5, 5.41) is 15.1. The van der Waals surface area contributed by atoms with Gasteiger partial charge in [-0.15, -0.1) is 0 Å². The van der Waals surface area contributed by atoms with Crippen LogP contribution < -0.4 is 4.74 Å². The first-order chi connectivity index (χ1) is 12.2. The molecule has 2 heterocycles. The van der Waals surface area contributed by atoms with Crippen LogP contribution in [0.2, 0.25) is 0 Å². The second-order valence-electron chi connectivity index (χ2n) is 7.43. The highest BCUT2D eigenvalue weighted by Gasteiger charge is 2.34. The first-order valence-corrected chi connectivity index (χ1v) is 9.33. The van der Waals surface area contributed by atoms with E-state index in [1.54, 1.807) is 0 Å². The Morgan fingerprint density at radius 3 is 2.68 bits per heavy atom. The summed E-state index contributed by atoms with van der Waals surface area (Å²) in [6.45, 7) is 2.23. The van der Waals surface area contributed by atoms with E-state index in [1.807, 2.05) is 42.1 Å². The maximum Gasteiger partial charge on any atom is 0.138 e. The Bertz CT molecular complexity index is 694. The zero-order chi connectivity index (χ0) is 17.2. The van der Waals surface area contributed by atoms with Gasteiger partial charge in [0, 0.05) is 44.4 Å². The Kier molecular flexibility index (Phi) is 4.77. The second-order valence-corrected chi connectivity index (χ2v) is 7.43. The number of aliphatic hydroxyl groups is 1. The molecule has 5 heteroatoms. The first kappa shape index (κ1) is 16.6. The summed E-state index contributed by atoms with van der Waals surface area (Å²) < 4.78 is 7.92. The average Bonchev–Trinajstić information content (AvgIpc) is 3.31. The number of para-hydroxylation sites is 1. The maximum absolute atomic E-state index is 10.4. The van der Waals surface area contributed by atoms with Gasteiger partial charge in [-0.1, -0.05) is 31.0 Å². The van der Waals surface area contributed by atoms with Gasteiger partial charge in [-0.3, -0.25) is 9.58 Å². The Labute approximate surface area is 149 Å². The summed E-state index contributed by atoms with van der Waals surface area (Å²) in [5.41, 5.74) is 2.57. The third-order valence-corrected chi connectivity index (χ3v) is 5.42. The normalized spacial score (nSPS) is 24.9. The summed E-state index contributed by atoms with van der Waals surface area (Å²) in [7, 11) is 2.00. The minimum absolute atomic E-state index is 0.172. The number of rotatable bonds is 5. The molecule has 0 spiro atoms. The Balaban J connectivity index is 1.42. The smallest absolute Gasteiger partial charge is 0.138 e. The molecule has 0 bridgehead atoms. The molecule has 134 valence electrons. The zero-order valence-corrected chi connectivity index (χ0v) is 14.8. The first-order valence-electron chi connectivity index (χ1n) is 9.33. The molecule has 0 amide bonds. The van der Waals surface area contributed by atoms with E-state index in [4.69, 9.17) is 9.84 Å². The molecule has 1 N–H and O–H groups in total. The monoisotopic (exact) mass is 341 g/mol. The number of aryl methyl sites for hydroxylation is 1. The molecule has 1 saturated heterocycles. The van der Waals surface area contributed by atoms with Crippen molar-refractivity contribution in [2.24, 2.45) is 7.05 Å². The lowest BCUT2D eigenvalue weighted by Crippen LogP contribution is -2.29. The van der Waals surface area contributed by atoms with Crippen LogP contribution >= 0.6 is 0 Å². The van der Waals surface area contributed by atoms with E-state index < -0.39 is 6.10 Å². The molecule has 2 aromatic rings. The molecule has 0 unspecified atom stereocenters. The van der Waals surface area contributed by atoms with E-state index in [9.17, 15) is 5.11 Å². The van der Waals surface area contributed by atoms with E-state index in [0.717, 1.165) is 18.8 Å². The molecule has 1 aromatic heterocycles. The number of likely N-dealkylation sites (tertiary alicyclic amines) is 1. The van der Waals surface area contributed by atoms with Gasteiger partial charge in [-0.25, -0.2) is 0 Å². The fourth-order valence-electron chi connectivity index (χ4n) is 4.21.